The number of ether oxygens (including phenoxy) is 3. The monoisotopic (exact) mass is 550 g/mol. The van der Waals surface area contributed by atoms with Gasteiger partial charge in [-0.15, -0.1) is 0 Å². The zero-order valence-corrected chi connectivity index (χ0v) is 21.2. The van der Waals surface area contributed by atoms with Gasteiger partial charge in [0.25, 0.3) is 0 Å². The van der Waals surface area contributed by atoms with Crippen molar-refractivity contribution in [3.8, 4) is 23.3 Å². The van der Waals surface area contributed by atoms with Gasteiger partial charge >= 0.3 is 0 Å². The summed E-state index contributed by atoms with van der Waals surface area (Å²) in [4.78, 5) is 24.2. The fourth-order valence-electron chi connectivity index (χ4n) is 3.13. The highest BCUT2D eigenvalue weighted by molar-refractivity contribution is 9.10. The Balaban J connectivity index is 1.58. The fraction of sp³-hybridized carbons (Fsp3) is 0.154. The molecule has 2 amide bonds. The summed E-state index contributed by atoms with van der Waals surface area (Å²) in [6.07, 6.45) is 1.01. The molecule has 0 spiro atoms. The minimum absolute atomic E-state index is 0.181. The molecule has 36 heavy (non-hydrogen) atoms. The van der Waals surface area contributed by atoms with E-state index in [1.54, 1.807) is 48.5 Å². The molecule has 10 heteroatoms. The molecule has 0 atom stereocenters. The van der Waals surface area contributed by atoms with Crippen LogP contribution in [-0.2, 0) is 16.2 Å². The number of anilines is 1. The molecule has 0 unspecified atom stereocenters. The minimum atomic E-state index is -0.575. The number of hydrazone groups is 1. The first kappa shape index (κ1) is 26.2. The van der Waals surface area contributed by atoms with Crippen molar-refractivity contribution in [2.45, 2.75) is 13.0 Å². The van der Waals surface area contributed by atoms with Crippen molar-refractivity contribution < 1.29 is 23.8 Å². The van der Waals surface area contributed by atoms with Crippen LogP contribution in [0.25, 0.3) is 0 Å². The molecule has 184 valence electrons. The van der Waals surface area contributed by atoms with Gasteiger partial charge in [0.1, 0.15) is 18.8 Å². The molecule has 0 bridgehead atoms. The number of hydrogen-bond donors (Lipinski definition) is 2. The molecular formula is C26H23BrN4O5. The van der Waals surface area contributed by atoms with Crippen LogP contribution in [0.3, 0.4) is 0 Å². The quantitative estimate of drug-likeness (QED) is 0.219. The summed E-state index contributed by atoms with van der Waals surface area (Å²) in [5, 5.41) is 15.8. The number of nitrogens with one attached hydrogen (secondary N) is 2. The fourth-order valence-corrected chi connectivity index (χ4v) is 3.70. The van der Waals surface area contributed by atoms with E-state index in [1.165, 1.54) is 20.4 Å². The third-order valence-electron chi connectivity index (χ3n) is 4.84. The van der Waals surface area contributed by atoms with Gasteiger partial charge < -0.3 is 19.5 Å². The molecule has 3 aromatic carbocycles. The van der Waals surface area contributed by atoms with Crippen molar-refractivity contribution in [1.82, 2.24) is 5.43 Å². The zero-order valence-electron chi connectivity index (χ0n) is 19.6. The summed E-state index contributed by atoms with van der Waals surface area (Å²) >= 11 is 3.46. The van der Waals surface area contributed by atoms with Crippen molar-refractivity contribution >= 4 is 39.6 Å². The molecule has 0 saturated heterocycles. The van der Waals surface area contributed by atoms with E-state index in [9.17, 15) is 14.9 Å². The van der Waals surface area contributed by atoms with Gasteiger partial charge in [0, 0.05) is 17.3 Å². The molecule has 0 heterocycles. The highest BCUT2D eigenvalue weighted by atomic mass is 79.9. The number of rotatable bonds is 10. The lowest BCUT2D eigenvalue weighted by Gasteiger charge is -2.14. The summed E-state index contributed by atoms with van der Waals surface area (Å²) in [5.41, 5.74) is 4.74. The predicted molar refractivity (Wildman–Crippen MR) is 138 cm³/mol. The Labute approximate surface area is 216 Å². The summed E-state index contributed by atoms with van der Waals surface area (Å²) < 4.78 is 17.0. The highest BCUT2D eigenvalue weighted by Crippen LogP contribution is 2.37. The maximum atomic E-state index is 12.1. The zero-order chi connectivity index (χ0) is 25.9. The molecule has 3 rings (SSSR count). The number of carbonyl (C=O) groups excluding carboxylic acids is 2. The maximum absolute atomic E-state index is 12.1. The number of methoxy groups -OCH3 is 2. The maximum Gasteiger partial charge on any atom is 0.249 e. The molecule has 3 aromatic rings. The van der Waals surface area contributed by atoms with Gasteiger partial charge in [0.05, 0.1) is 36.5 Å². The molecule has 0 fully saturated rings. The summed E-state index contributed by atoms with van der Waals surface area (Å²) in [6.45, 7) is 0.181. The van der Waals surface area contributed by atoms with E-state index in [2.05, 4.69) is 37.8 Å². The highest BCUT2D eigenvalue weighted by Gasteiger charge is 2.13. The van der Waals surface area contributed by atoms with Crippen LogP contribution in [0.15, 0.2) is 70.2 Å². The molecule has 0 aliphatic rings. The minimum Gasteiger partial charge on any atom is -0.497 e. The number of nitriles is 1. The van der Waals surface area contributed by atoms with Gasteiger partial charge in [-0.3, -0.25) is 9.59 Å². The van der Waals surface area contributed by atoms with E-state index in [1.807, 2.05) is 12.1 Å². The van der Waals surface area contributed by atoms with Crippen LogP contribution in [0.1, 0.15) is 23.1 Å². The van der Waals surface area contributed by atoms with E-state index in [-0.39, 0.29) is 6.61 Å². The Morgan fingerprint density at radius 1 is 1.06 bits per heavy atom. The molecule has 0 aliphatic heterocycles. The first-order valence-corrected chi connectivity index (χ1v) is 11.5. The first-order chi connectivity index (χ1) is 17.4. The Morgan fingerprint density at radius 2 is 1.86 bits per heavy atom. The summed E-state index contributed by atoms with van der Waals surface area (Å²) in [7, 11) is 3.03. The molecule has 0 radical (unpaired) electrons. The van der Waals surface area contributed by atoms with Crippen molar-refractivity contribution in [2.24, 2.45) is 5.10 Å². The van der Waals surface area contributed by atoms with E-state index >= 15 is 0 Å². The van der Waals surface area contributed by atoms with Crippen molar-refractivity contribution in [3.63, 3.8) is 0 Å². The number of carbonyl (C=O) groups is 2. The lowest BCUT2D eigenvalue weighted by atomic mass is 10.1. The Bertz CT molecular complexity index is 1320. The van der Waals surface area contributed by atoms with Crippen LogP contribution >= 0.6 is 15.9 Å². The SMILES string of the molecule is COc1cccc(NC(=O)CC(=O)NN=Cc2cc(Br)c(OCc3ccccc3C#N)c(OC)c2)c1. The number of halogens is 1. The molecular weight excluding hydrogens is 528 g/mol. The number of amides is 2. The average molecular weight is 551 g/mol. The van der Waals surface area contributed by atoms with Crippen LogP contribution in [0, 0.1) is 11.3 Å². The second kappa shape index (κ2) is 12.9. The molecule has 0 aromatic heterocycles. The second-order valence-electron chi connectivity index (χ2n) is 7.34. The van der Waals surface area contributed by atoms with Crippen LogP contribution in [-0.4, -0.2) is 32.2 Å². The first-order valence-electron chi connectivity index (χ1n) is 10.7. The summed E-state index contributed by atoms with van der Waals surface area (Å²) in [6, 6.07) is 19.5. The lowest BCUT2D eigenvalue weighted by molar-refractivity contribution is -0.126. The van der Waals surface area contributed by atoms with Gasteiger partial charge in [-0.25, -0.2) is 5.43 Å². The number of benzene rings is 3. The average Bonchev–Trinajstić information content (AvgIpc) is 2.87. The van der Waals surface area contributed by atoms with Crippen LogP contribution in [0.5, 0.6) is 17.2 Å². The van der Waals surface area contributed by atoms with Gasteiger partial charge in [-0.1, -0.05) is 24.3 Å². The Kier molecular flexibility index (Phi) is 9.42. The van der Waals surface area contributed by atoms with Crippen molar-refractivity contribution in [1.29, 1.82) is 5.26 Å². The van der Waals surface area contributed by atoms with E-state index in [0.717, 1.165) is 5.56 Å². The molecule has 0 saturated carbocycles. The van der Waals surface area contributed by atoms with Gasteiger partial charge in [-0.2, -0.15) is 10.4 Å². The smallest absolute Gasteiger partial charge is 0.249 e. The van der Waals surface area contributed by atoms with Crippen LogP contribution in [0.4, 0.5) is 5.69 Å². The van der Waals surface area contributed by atoms with Crippen LogP contribution in [0.2, 0.25) is 0 Å². The topological polar surface area (TPSA) is 122 Å². The van der Waals surface area contributed by atoms with Gasteiger partial charge in [0.15, 0.2) is 11.5 Å². The third-order valence-corrected chi connectivity index (χ3v) is 5.43. The predicted octanol–water partition coefficient (Wildman–Crippen LogP) is 4.40. The van der Waals surface area contributed by atoms with Crippen molar-refractivity contribution in [3.05, 3.63) is 81.8 Å². The normalized spacial score (nSPS) is 10.4. The van der Waals surface area contributed by atoms with E-state index in [4.69, 9.17) is 14.2 Å². The Hall–Kier alpha value is -4.36. The number of hydrogen-bond acceptors (Lipinski definition) is 7. The van der Waals surface area contributed by atoms with Crippen LogP contribution < -0.4 is 25.0 Å². The van der Waals surface area contributed by atoms with Gasteiger partial charge in [-0.05, 0) is 51.8 Å². The van der Waals surface area contributed by atoms with Gasteiger partial charge in [0.2, 0.25) is 11.8 Å². The van der Waals surface area contributed by atoms with Crippen molar-refractivity contribution in [2.75, 3.05) is 19.5 Å². The molecule has 9 nitrogen and oxygen atoms in total. The Morgan fingerprint density at radius 3 is 2.61 bits per heavy atom. The lowest BCUT2D eigenvalue weighted by Crippen LogP contribution is -2.24. The third kappa shape index (κ3) is 7.32. The molecule has 2 N–H and O–H groups in total. The van der Waals surface area contributed by atoms with E-state index < -0.39 is 18.2 Å². The standard InChI is InChI=1S/C26H23BrN4O5/c1-34-21-9-5-8-20(12-21)30-24(32)13-25(33)31-29-15-17-10-22(27)26(23(11-17)35-2)36-16-19-7-4-3-6-18(19)14-28/h3-12,15H,13,16H2,1-2H3,(H,30,32)(H,31,33). The van der Waals surface area contributed by atoms with E-state index in [0.29, 0.717) is 38.5 Å². The number of nitrogens with zero attached hydrogens (tertiary/aromatic N) is 2. The summed E-state index contributed by atoms with van der Waals surface area (Å²) in [5.74, 6) is 0.422. The largest absolute Gasteiger partial charge is 0.497 e. The second-order valence-corrected chi connectivity index (χ2v) is 8.20. The molecule has 0 aliphatic carbocycles.